The summed E-state index contributed by atoms with van der Waals surface area (Å²) in [5.74, 6) is -3.34. The van der Waals surface area contributed by atoms with E-state index in [0.717, 1.165) is 6.07 Å². The average Bonchev–Trinajstić information content (AvgIpc) is 2.38. The summed E-state index contributed by atoms with van der Waals surface area (Å²) in [7, 11) is -4.65. The molecule has 0 fully saturated rings. The molecule has 0 saturated carbocycles. The molecule has 0 aliphatic heterocycles. The summed E-state index contributed by atoms with van der Waals surface area (Å²) in [6, 6.07) is 5.37. The number of hydrogen-bond donors (Lipinski definition) is 2. The summed E-state index contributed by atoms with van der Waals surface area (Å²) in [6.07, 6.45) is 0.403. The molecule has 0 amide bonds. The molecule has 0 aliphatic rings. The van der Waals surface area contributed by atoms with Gasteiger partial charge in [-0.25, -0.2) is 8.42 Å². The van der Waals surface area contributed by atoms with Crippen LogP contribution in [0.4, 0.5) is 14.5 Å². The van der Waals surface area contributed by atoms with Crippen LogP contribution in [-0.2, 0) is 9.84 Å². The van der Waals surface area contributed by atoms with Crippen molar-refractivity contribution >= 4 is 15.5 Å². The van der Waals surface area contributed by atoms with Gasteiger partial charge in [-0.2, -0.15) is 8.78 Å². The molecule has 0 radical (unpaired) electrons. The van der Waals surface area contributed by atoms with E-state index in [1.165, 1.54) is 12.1 Å². The van der Waals surface area contributed by atoms with E-state index in [0.29, 0.717) is 6.42 Å². The van der Waals surface area contributed by atoms with Gasteiger partial charge in [0.2, 0.25) is 9.84 Å². The van der Waals surface area contributed by atoms with Gasteiger partial charge in [0.25, 0.3) is 0 Å². The highest BCUT2D eigenvalue weighted by Crippen LogP contribution is 2.27. The van der Waals surface area contributed by atoms with Gasteiger partial charge in [-0.3, -0.25) is 0 Å². The monoisotopic (exact) mass is 307 g/mol. The standard InChI is InChI=1S/C13H19F2NO3S/c1-9(2)10(7-8-17)16-11-5-3-4-6-12(11)20(18,19)13(14)15/h3-6,9-10,13,16-17H,7-8H2,1-2H3. The first-order valence-corrected chi connectivity index (χ1v) is 7.83. The summed E-state index contributed by atoms with van der Waals surface area (Å²) >= 11 is 0. The summed E-state index contributed by atoms with van der Waals surface area (Å²) in [4.78, 5) is -0.418. The SMILES string of the molecule is CC(C)C(CCO)Nc1ccccc1S(=O)(=O)C(F)F. The zero-order valence-electron chi connectivity index (χ0n) is 11.4. The molecule has 4 nitrogen and oxygen atoms in total. The van der Waals surface area contributed by atoms with Crippen LogP contribution in [0, 0.1) is 5.92 Å². The number of para-hydroxylation sites is 1. The minimum absolute atomic E-state index is 0.0698. The van der Waals surface area contributed by atoms with E-state index in [4.69, 9.17) is 5.11 Å². The lowest BCUT2D eigenvalue weighted by Crippen LogP contribution is -2.28. The predicted octanol–water partition coefficient (Wildman–Crippen LogP) is 2.50. The molecular weight excluding hydrogens is 288 g/mol. The Morgan fingerprint density at radius 3 is 2.35 bits per heavy atom. The van der Waals surface area contributed by atoms with Crippen molar-refractivity contribution in [2.75, 3.05) is 11.9 Å². The van der Waals surface area contributed by atoms with Gasteiger partial charge in [0.1, 0.15) is 0 Å². The third kappa shape index (κ3) is 3.89. The molecule has 20 heavy (non-hydrogen) atoms. The maximum absolute atomic E-state index is 12.7. The number of halogens is 2. The van der Waals surface area contributed by atoms with Gasteiger partial charge in [-0.15, -0.1) is 0 Å². The maximum Gasteiger partial charge on any atom is 0.341 e. The number of alkyl halides is 2. The van der Waals surface area contributed by atoms with Gasteiger partial charge >= 0.3 is 5.76 Å². The molecule has 7 heteroatoms. The van der Waals surface area contributed by atoms with Crippen LogP contribution in [0.25, 0.3) is 0 Å². The molecule has 0 aromatic heterocycles. The molecule has 1 aromatic carbocycles. The number of nitrogens with one attached hydrogen (secondary N) is 1. The molecule has 0 bridgehead atoms. The third-order valence-corrected chi connectivity index (χ3v) is 4.45. The Morgan fingerprint density at radius 2 is 1.85 bits per heavy atom. The molecule has 1 rings (SSSR count). The molecule has 0 aliphatic carbocycles. The molecule has 1 unspecified atom stereocenters. The Balaban J connectivity index is 3.14. The zero-order chi connectivity index (χ0) is 15.3. The van der Waals surface area contributed by atoms with Crippen molar-refractivity contribution in [2.45, 2.75) is 37.0 Å². The fourth-order valence-corrected chi connectivity index (χ4v) is 2.73. The van der Waals surface area contributed by atoms with E-state index in [1.54, 1.807) is 6.07 Å². The predicted molar refractivity (Wildman–Crippen MR) is 73.6 cm³/mol. The molecule has 0 heterocycles. The molecule has 1 aromatic rings. The van der Waals surface area contributed by atoms with Crippen molar-refractivity contribution in [1.29, 1.82) is 0 Å². The normalized spacial score (nSPS) is 13.8. The highest BCUT2D eigenvalue weighted by molar-refractivity contribution is 7.91. The lowest BCUT2D eigenvalue weighted by molar-refractivity contribution is 0.234. The minimum atomic E-state index is -4.65. The minimum Gasteiger partial charge on any atom is -0.396 e. The van der Waals surface area contributed by atoms with E-state index in [-0.39, 0.29) is 24.3 Å². The molecular formula is C13H19F2NO3S. The van der Waals surface area contributed by atoms with Crippen molar-refractivity contribution in [3.63, 3.8) is 0 Å². The van der Waals surface area contributed by atoms with E-state index in [9.17, 15) is 17.2 Å². The van der Waals surface area contributed by atoms with Crippen LogP contribution < -0.4 is 5.32 Å². The van der Waals surface area contributed by atoms with Gasteiger partial charge in [0, 0.05) is 12.6 Å². The molecule has 0 saturated heterocycles. The van der Waals surface area contributed by atoms with E-state index in [2.05, 4.69) is 5.32 Å². The molecule has 2 N–H and O–H groups in total. The highest BCUT2D eigenvalue weighted by atomic mass is 32.2. The van der Waals surface area contributed by atoms with E-state index in [1.807, 2.05) is 13.8 Å². The Kier molecular flexibility index (Phi) is 5.88. The number of rotatable bonds is 7. The lowest BCUT2D eigenvalue weighted by atomic mass is 10.0. The van der Waals surface area contributed by atoms with Crippen molar-refractivity contribution in [3.05, 3.63) is 24.3 Å². The second kappa shape index (κ2) is 6.99. The van der Waals surface area contributed by atoms with Gasteiger partial charge < -0.3 is 10.4 Å². The number of benzene rings is 1. The zero-order valence-corrected chi connectivity index (χ0v) is 12.2. The van der Waals surface area contributed by atoms with Crippen molar-refractivity contribution in [2.24, 2.45) is 5.92 Å². The third-order valence-electron chi connectivity index (χ3n) is 3.01. The fraction of sp³-hybridized carbons (Fsp3) is 0.538. The van der Waals surface area contributed by atoms with E-state index >= 15 is 0 Å². The number of anilines is 1. The topological polar surface area (TPSA) is 66.4 Å². The summed E-state index contributed by atoms with van der Waals surface area (Å²) in [5.41, 5.74) is 0.139. The summed E-state index contributed by atoms with van der Waals surface area (Å²) in [6.45, 7) is 3.73. The number of aliphatic hydroxyl groups excluding tert-OH is 1. The van der Waals surface area contributed by atoms with Crippen LogP contribution in [0.3, 0.4) is 0 Å². The van der Waals surface area contributed by atoms with Crippen LogP contribution in [0.1, 0.15) is 20.3 Å². The first-order valence-electron chi connectivity index (χ1n) is 6.29. The number of aliphatic hydroxyl groups is 1. The van der Waals surface area contributed by atoms with Crippen molar-refractivity contribution < 1.29 is 22.3 Å². The van der Waals surface area contributed by atoms with Crippen molar-refractivity contribution in [1.82, 2.24) is 0 Å². The van der Waals surface area contributed by atoms with Crippen molar-refractivity contribution in [3.8, 4) is 0 Å². The van der Waals surface area contributed by atoms with Crippen LogP contribution in [-0.4, -0.2) is 31.9 Å². The summed E-state index contributed by atoms with van der Waals surface area (Å²) < 4.78 is 48.6. The maximum atomic E-state index is 12.7. The second-order valence-corrected chi connectivity index (χ2v) is 6.70. The molecule has 0 spiro atoms. The Labute approximate surface area is 117 Å². The van der Waals surface area contributed by atoms with Gasteiger partial charge in [0.05, 0.1) is 10.6 Å². The summed E-state index contributed by atoms with van der Waals surface area (Å²) in [5, 5.41) is 11.9. The lowest BCUT2D eigenvalue weighted by Gasteiger charge is -2.24. The smallest absolute Gasteiger partial charge is 0.341 e. The quantitative estimate of drug-likeness (QED) is 0.812. The van der Waals surface area contributed by atoms with Gasteiger partial charge in [-0.05, 0) is 24.5 Å². The van der Waals surface area contributed by atoms with Gasteiger partial charge in [-0.1, -0.05) is 26.0 Å². The Hall–Kier alpha value is -1.21. The second-order valence-electron chi connectivity index (χ2n) is 4.81. The Morgan fingerprint density at radius 1 is 1.25 bits per heavy atom. The molecule has 114 valence electrons. The number of sulfone groups is 1. The average molecular weight is 307 g/mol. The van der Waals surface area contributed by atoms with Crippen LogP contribution in [0.15, 0.2) is 29.2 Å². The van der Waals surface area contributed by atoms with Crippen LogP contribution in [0.5, 0.6) is 0 Å². The van der Waals surface area contributed by atoms with Gasteiger partial charge in [0.15, 0.2) is 0 Å². The largest absolute Gasteiger partial charge is 0.396 e. The first-order chi connectivity index (χ1) is 9.30. The number of hydrogen-bond acceptors (Lipinski definition) is 4. The fourth-order valence-electron chi connectivity index (χ4n) is 1.84. The highest BCUT2D eigenvalue weighted by Gasteiger charge is 2.29. The first kappa shape index (κ1) is 16.8. The molecule has 1 atom stereocenters. The van der Waals surface area contributed by atoms with E-state index < -0.39 is 20.5 Å². The van der Waals surface area contributed by atoms with Crippen LogP contribution >= 0.6 is 0 Å². The Bertz CT molecular complexity index is 532. The van der Waals surface area contributed by atoms with Crippen LogP contribution in [0.2, 0.25) is 0 Å².